The van der Waals surface area contributed by atoms with Gasteiger partial charge in [0.1, 0.15) is 5.75 Å². The molecule has 0 aliphatic heterocycles. The van der Waals surface area contributed by atoms with Gasteiger partial charge in [-0.2, -0.15) is 0 Å². The molecule has 5 nitrogen and oxygen atoms in total. The van der Waals surface area contributed by atoms with E-state index in [1.54, 1.807) is 18.2 Å². The minimum atomic E-state index is -0.395. The van der Waals surface area contributed by atoms with E-state index in [-0.39, 0.29) is 18.5 Å². The van der Waals surface area contributed by atoms with Gasteiger partial charge in [0.2, 0.25) is 0 Å². The minimum Gasteiger partial charge on any atom is -0.495 e. The summed E-state index contributed by atoms with van der Waals surface area (Å²) in [6.07, 6.45) is 0.842. The van der Waals surface area contributed by atoms with Crippen molar-refractivity contribution in [2.45, 2.75) is 13.3 Å². The zero-order valence-electron chi connectivity index (χ0n) is 11.3. The van der Waals surface area contributed by atoms with Crippen molar-refractivity contribution in [3.63, 3.8) is 0 Å². The van der Waals surface area contributed by atoms with Crippen LogP contribution in [0.15, 0.2) is 18.2 Å². The molecule has 2 rings (SSSR count). The van der Waals surface area contributed by atoms with Crippen molar-refractivity contribution in [3.8, 4) is 5.75 Å². The number of carbonyl (C=O) groups excluding carboxylic acids is 2. The molecule has 0 aromatic heterocycles. The third-order valence-corrected chi connectivity index (χ3v) is 3.49. The standard InChI is InChI=1S/C14H16ClNO4/c1-8-5-10(8)14(18)20-7-13(17)16-9-3-4-12(19-2)11(15)6-9/h3-4,6,8,10H,5,7H2,1-2H3,(H,16,17)/t8-,10+/m1/s1. The minimum absolute atomic E-state index is 0.0433. The topological polar surface area (TPSA) is 64.6 Å². The summed E-state index contributed by atoms with van der Waals surface area (Å²) in [6, 6.07) is 4.88. The summed E-state index contributed by atoms with van der Waals surface area (Å²) in [6.45, 7) is 1.69. The molecule has 0 spiro atoms. The number of nitrogens with one attached hydrogen (secondary N) is 1. The Morgan fingerprint density at radius 2 is 2.15 bits per heavy atom. The highest BCUT2D eigenvalue weighted by molar-refractivity contribution is 6.32. The van der Waals surface area contributed by atoms with Crippen LogP contribution in [0, 0.1) is 11.8 Å². The van der Waals surface area contributed by atoms with Crippen molar-refractivity contribution in [2.24, 2.45) is 11.8 Å². The lowest BCUT2D eigenvalue weighted by Crippen LogP contribution is -2.21. The molecule has 1 fully saturated rings. The molecule has 1 N–H and O–H groups in total. The monoisotopic (exact) mass is 297 g/mol. The average molecular weight is 298 g/mol. The number of halogens is 1. The van der Waals surface area contributed by atoms with Crippen LogP contribution in [0.25, 0.3) is 0 Å². The zero-order chi connectivity index (χ0) is 14.7. The van der Waals surface area contributed by atoms with Gasteiger partial charge in [-0.1, -0.05) is 18.5 Å². The van der Waals surface area contributed by atoms with Crippen LogP contribution in [0.2, 0.25) is 5.02 Å². The number of hydrogen-bond acceptors (Lipinski definition) is 4. The first-order chi connectivity index (χ1) is 9.51. The lowest BCUT2D eigenvalue weighted by atomic mass is 10.3. The number of benzene rings is 1. The number of amides is 1. The molecule has 1 aliphatic rings. The van der Waals surface area contributed by atoms with Crippen molar-refractivity contribution in [1.82, 2.24) is 0 Å². The summed E-state index contributed by atoms with van der Waals surface area (Å²) in [7, 11) is 1.51. The number of anilines is 1. The molecule has 0 heterocycles. The highest BCUT2D eigenvalue weighted by Crippen LogP contribution is 2.38. The maximum Gasteiger partial charge on any atom is 0.309 e. The molecule has 0 radical (unpaired) electrons. The molecule has 1 saturated carbocycles. The van der Waals surface area contributed by atoms with Gasteiger partial charge < -0.3 is 14.8 Å². The summed E-state index contributed by atoms with van der Waals surface area (Å²) in [5.74, 6) is 0.149. The van der Waals surface area contributed by atoms with Gasteiger partial charge in [0.05, 0.1) is 18.1 Å². The van der Waals surface area contributed by atoms with Gasteiger partial charge in [0.15, 0.2) is 6.61 Å². The van der Waals surface area contributed by atoms with Crippen LogP contribution < -0.4 is 10.1 Å². The van der Waals surface area contributed by atoms with E-state index in [1.807, 2.05) is 6.92 Å². The van der Waals surface area contributed by atoms with Crippen LogP contribution in [0.1, 0.15) is 13.3 Å². The van der Waals surface area contributed by atoms with Crippen molar-refractivity contribution in [1.29, 1.82) is 0 Å². The van der Waals surface area contributed by atoms with Crippen LogP contribution in [-0.4, -0.2) is 25.6 Å². The predicted octanol–water partition coefficient (Wildman–Crippen LogP) is 2.49. The van der Waals surface area contributed by atoms with Crippen molar-refractivity contribution in [3.05, 3.63) is 23.2 Å². The first-order valence-corrected chi connectivity index (χ1v) is 6.69. The van der Waals surface area contributed by atoms with Crippen LogP contribution in [0.4, 0.5) is 5.69 Å². The molecular weight excluding hydrogens is 282 g/mol. The van der Waals surface area contributed by atoms with E-state index in [0.29, 0.717) is 22.4 Å². The van der Waals surface area contributed by atoms with E-state index in [9.17, 15) is 9.59 Å². The largest absolute Gasteiger partial charge is 0.495 e. The Labute approximate surface area is 122 Å². The van der Waals surface area contributed by atoms with Crippen molar-refractivity contribution >= 4 is 29.2 Å². The van der Waals surface area contributed by atoms with E-state index >= 15 is 0 Å². The number of rotatable bonds is 5. The highest BCUT2D eigenvalue weighted by Gasteiger charge is 2.40. The Morgan fingerprint density at radius 1 is 1.45 bits per heavy atom. The second-order valence-corrected chi connectivity index (χ2v) is 5.23. The fourth-order valence-electron chi connectivity index (χ4n) is 1.84. The smallest absolute Gasteiger partial charge is 0.309 e. The quantitative estimate of drug-likeness (QED) is 0.848. The maximum absolute atomic E-state index is 11.6. The number of esters is 1. The fourth-order valence-corrected chi connectivity index (χ4v) is 2.09. The van der Waals surface area contributed by atoms with Gasteiger partial charge >= 0.3 is 5.97 Å². The van der Waals surface area contributed by atoms with Crippen LogP contribution in [-0.2, 0) is 14.3 Å². The highest BCUT2D eigenvalue weighted by atomic mass is 35.5. The Bertz CT molecular complexity index is 532. The van der Waals surface area contributed by atoms with E-state index in [0.717, 1.165) is 6.42 Å². The molecule has 108 valence electrons. The second-order valence-electron chi connectivity index (χ2n) is 4.82. The maximum atomic E-state index is 11.6. The molecule has 2 atom stereocenters. The van der Waals surface area contributed by atoms with Crippen LogP contribution in [0.5, 0.6) is 5.75 Å². The van der Waals surface area contributed by atoms with Gasteiger partial charge in [0.25, 0.3) is 5.91 Å². The number of hydrogen-bond donors (Lipinski definition) is 1. The molecule has 6 heteroatoms. The summed E-state index contributed by atoms with van der Waals surface area (Å²) < 4.78 is 9.95. The lowest BCUT2D eigenvalue weighted by molar-refractivity contribution is -0.148. The van der Waals surface area contributed by atoms with Crippen molar-refractivity contribution < 1.29 is 19.1 Å². The Balaban J connectivity index is 1.82. The normalized spacial score (nSPS) is 20.1. The third-order valence-electron chi connectivity index (χ3n) is 3.19. The Kier molecular flexibility index (Phi) is 4.49. The number of ether oxygens (including phenoxy) is 2. The molecule has 1 aliphatic carbocycles. The third kappa shape index (κ3) is 3.63. The van der Waals surface area contributed by atoms with Gasteiger partial charge in [-0.25, -0.2) is 0 Å². The van der Waals surface area contributed by atoms with Gasteiger partial charge in [0, 0.05) is 5.69 Å². The lowest BCUT2D eigenvalue weighted by Gasteiger charge is -2.08. The molecular formula is C14H16ClNO4. The predicted molar refractivity (Wildman–Crippen MR) is 74.9 cm³/mol. The van der Waals surface area contributed by atoms with Gasteiger partial charge in [-0.05, 0) is 30.5 Å². The van der Waals surface area contributed by atoms with Crippen LogP contribution in [0.3, 0.4) is 0 Å². The fraction of sp³-hybridized carbons (Fsp3) is 0.429. The Morgan fingerprint density at radius 3 is 2.70 bits per heavy atom. The molecule has 20 heavy (non-hydrogen) atoms. The van der Waals surface area contributed by atoms with Gasteiger partial charge in [-0.3, -0.25) is 9.59 Å². The Hall–Kier alpha value is -1.75. The average Bonchev–Trinajstić information content (AvgIpc) is 3.13. The van der Waals surface area contributed by atoms with Crippen LogP contribution >= 0.6 is 11.6 Å². The van der Waals surface area contributed by atoms with E-state index in [4.69, 9.17) is 21.1 Å². The van der Waals surface area contributed by atoms with E-state index < -0.39 is 5.91 Å². The number of methoxy groups -OCH3 is 1. The molecule has 1 aromatic carbocycles. The number of carbonyl (C=O) groups is 2. The molecule has 0 unspecified atom stereocenters. The SMILES string of the molecule is COc1ccc(NC(=O)COC(=O)[C@H]2C[C@H]2C)cc1Cl. The summed E-state index contributed by atoms with van der Waals surface area (Å²) in [5, 5.41) is 3.00. The first-order valence-electron chi connectivity index (χ1n) is 6.31. The zero-order valence-corrected chi connectivity index (χ0v) is 12.1. The van der Waals surface area contributed by atoms with E-state index in [1.165, 1.54) is 7.11 Å². The molecule has 1 amide bonds. The molecule has 1 aromatic rings. The summed E-state index contributed by atoms with van der Waals surface area (Å²) in [5.41, 5.74) is 0.525. The summed E-state index contributed by atoms with van der Waals surface area (Å²) in [4.78, 5) is 23.1. The first kappa shape index (κ1) is 14.7. The van der Waals surface area contributed by atoms with E-state index in [2.05, 4.69) is 5.32 Å². The van der Waals surface area contributed by atoms with Crippen molar-refractivity contribution in [2.75, 3.05) is 19.0 Å². The van der Waals surface area contributed by atoms with Gasteiger partial charge in [-0.15, -0.1) is 0 Å². The summed E-state index contributed by atoms with van der Waals surface area (Å²) >= 11 is 5.94. The molecule has 0 saturated heterocycles. The second kappa shape index (κ2) is 6.13. The molecule has 0 bridgehead atoms.